The number of aromatic nitrogens is 2. The first-order valence-corrected chi connectivity index (χ1v) is 15.5. The summed E-state index contributed by atoms with van der Waals surface area (Å²) < 4.78 is 80.3. The topological polar surface area (TPSA) is 98.7 Å². The third-order valence-electron chi connectivity index (χ3n) is 7.75. The molecule has 1 aromatic heterocycles. The lowest BCUT2D eigenvalue weighted by Gasteiger charge is -2.34. The monoisotopic (exact) mass is 620 g/mol. The quantitative estimate of drug-likeness (QED) is 0.382. The van der Waals surface area contributed by atoms with E-state index in [0.717, 1.165) is 48.2 Å². The molecule has 3 heterocycles. The van der Waals surface area contributed by atoms with Crippen molar-refractivity contribution in [3.63, 3.8) is 0 Å². The lowest BCUT2D eigenvalue weighted by atomic mass is 10.1. The van der Waals surface area contributed by atoms with Gasteiger partial charge in [-0.25, -0.2) is 22.8 Å². The molecular formula is C29H32F4N6O3S. The number of hydrogen-bond donors (Lipinski definition) is 1. The van der Waals surface area contributed by atoms with Crippen LogP contribution in [0.15, 0.2) is 59.5 Å². The molecule has 0 spiro atoms. The summed E-state index contributed by atoms with van der Waals surface area (Å²) in [6.07, 6.45) is -3.67. The number of benzene rings is 2. The van der Waals surface area contributed by atoms with Gasteiger partial charge in [0, 0.05) is 38.3 Å². The second kappa shape index (κ2) is 12.5. The van der Waals surface area contributed by atoms with Crippen LogP contribution in [0.1, 0.15) is 31.0 Å². The zero-order valence-corrected chi connectivity index (χ0v) is 24.3. The van der Waals surface area contributed by atoms with Gasteiger partial charge >= 0.3 is 6.18 Å². The number of nitrogens with one attached hydrogen (secondary N) is 1. The summed E-state index contributed by atoms with van der Waals surface area (Å²) in [4.78, 5) is 26.7. The summed E-state index contributed by atoms with van der Waals surface area (Å²) in [5, 5.41) is 2.79. The van der Waals surface area contributed by atoms with E-state index in [1.54, 1.807) is 6.07 Å². The Balaban J connectivity index is 1.37. The number of amides is 1. The van der Waals surface area contributed by atoms with E-state index < -0.39 is 39.5 Å². The molecule has 2 saturated heterocycles. The zero-order chi connectivity index (χ0) is 30.8. The highest BCUT2D eigenvalue weighted by atomic mass is 32.2. The van der Waals surface area contributed by atoms with Crippen molar-refractivity contribution >= 4 is 21.9 Å². The molecule has 2 aromatic carbocycles. The van der Waals surface area contributed by atoms with Crippen LogP contribution >= 0.6 is 0 Å². The van der Waals surface area contributed by atoms with Gasteiger partial charge in [0.05, 0.1) is 28.4 Å². The second-order valence-electron chi connectivity index (χ2n) is 10.5. The number of halogens is 4. The van der Waals surface area contributed by atoms with E-state index in [-0.39, 0.29) is 18.0 Å². The number of sulfonamides is 1. The molecule has 14 heteroatoms. The average Bonchev–Trinajstić information content (AvgIpc) is 3.51. The average molecular weight is 621 g/mol. The Kier molecular flexibility index (Phi) is 8.99. The van der Waals surface area contributed by atoms with E-state index in [4.69, 9.17) is 0 Å². The van der Waals surface area contributed by atoms with Crippen LogP contribution in [-0.2, 0) is 27.5 Å². The molecule has 43 heavy (non-hydrogen) atoms. The normalized spacial score (nSPS) is 18.6. The van der Waals surface area contributed by atoms with Gasteiger partial charge in [0.15, 0.2) is 0 Å². The Morgan fingerprint density at radius 2 is 1.65 bits per heavy atom. The lowest BCUT2D eigenvalue weighted by Crippen LogP contribution is -2.47. The molecule has 2 aliphatic heterocycles. The van der Waals surface area contributed by atoms with E-state index in [9.17, 15) is 30.8 Å². The van der Waals surface area contributed by atoms with E-state index in [2.05, 4.69) is 27.1 Å². The van der Waals surface area contributed by atoms with Crippen molar-refractivity contribution in [3.05, 3.63) is 71.7 Å². The maximum Gasteiger partial charge on any atom is 0.416 e. The fourth-order valence-electron chi connectivity index (χ4n) is 5.28. The lowest BCUT2D eigenvalue weighted by molar-refractivity contribution is -0.137. The summed E-state index contributed by atoms with van der Waals surface area (Å²) in [6.45, 7) is 6.02. The smallest absolute Gasteiger partial charge is 0.349 e. The van der Waals surface area contributed by atoms with Gasteiger partial charge < -0.3 is 15.1 Å². The van der Waals surface area contributed by atoms with Gasteiger partial charge in [0.25, 0.3) is 0 Å². The van der Waals surface area contributed by atoms with Crippen LogP contribution in [0, 0.1) is 5.82 Å². The first kappa shape index (κ1) is 30.8. The highest BCUT2D eigenvalue weighted by Gasteiger charge is 2.39. The van der Waals surface area contributed by atoms with Gasteiger partial charge in [-0.15, -0.1) is 0 Å². The summed E-state index contributed by atoms with van der Waals surface area (Å²) in [5.41, 5.74) is 0.522. The van der Waals surface area contributed by atoms with Crippen molar-refractivity contribution in [3.8, 4) is 11.3 Å². The molecule has 0 bridgehead atoms. The summed E-state index contributed by atoms with van der Waals surface area (Å²) in [7, 11) is -4.03. The Bertz CT molecular complexity index is 1540. The molecular weight excluding hydrogens is 588 g/mol. The minimum absolute atomic E-state index is 0.0438. The number of carbonyl (C=O) groups excluding carboxylic acids is 1. The summed E-state index contributed by atoms with van der Waals surface area (Å²) >= 11 is 0. The fraction of sp³-hybridized carbons (Fsp3) is 0.414. The number of likely N-dealkylation sites (N-methyl/N-ethyl adjacent to an activating group) is 1. The Hall–Kier alpha value is -3.62. The van der Waals surface area contributed by atoms with Crippen molar-refractivity contribution in [2.45, 2.75) is 43.4 Å². The zero-order valence-electron chi connectivity index (χ0n) is 23.5. The SMILES string of the molecule is CCN1CCN(c2nc(CNC(=O)[C@@H]3CCCN3S(=O)(=O)c3ccc(F)cc3)cc(-c3ccc(C(F)(F)F)cc3)n2)CC1. The molecule has 3 aromatic rings. The molecule has 1 amide bonds. The maximum atomic E-state index is 13.4. The van der Waals surface area contributed by atoms with E-state index >= 15 is 0 Å². The van der Waals surface area contributed by atoms with Crippen LogP contribution in [0.25, 0.3) is 11.3 Å². The molecule has 0 saturated carbocycles. The van der Waals surface area contributed by atoms with E-state index in [1.165, 1.54) is 24.3 Å². The molecule has 9 nitrogen and oxygen atoms in total. The number of alkyl halides is 3. The third-order valence-corrected chi connectivity index (χ3v) is 9.67. The summed E-state index contributed by atoms with van der Waals surface area (Å²) in [5.74, 6) is -0.670. The van der Waals surface area contributed by atoms with Crippen molar-refractivity contribution in [2.75, 3.05) is 44.2 Å². The second-order valence-corrected chi connectivity index (χ2v) is 12.4. The number of carbonyl (C=O) groups is 1. The van der Waals surface area contributed by atoms with Gasteiger partial charge in [0.2, 0.25) is 21.9 Å². The standard InChI is InChI=1S/C29H32F4N6O3S/c1-2-37-14-16-38(17-15-37)28-35-23(18-25(36-28)20-5-7-21(8-6-20)29(31,32)33)19-34-27(40)26-4-3-13-39(26)43(41,42)24-11-9-22(30)10-12-24/h5-12,18,26H,2-4,13-17,19H2,1H3,(H,34,40)/t26-/m0/s1. The number of anilines is 1. The number of rotatable bonds is 8. The van der Waals surface area contributed by atoms with Crippen molar-refractivity contribution in [1.82, 2.24) is 24.5 Å². The predicted octanol–water partition coefficient (Wildman–Crippen LogP) is 3.91. The van der Waals surface area contributed by atoms with Gasteiger partial charge in [0.1, 0.15) is 11.9 Å². The minimum Gasteiger partial charge on any atom is -0.349 e. The molecule has 2 fully saturated rings. The molecule has 230 valence electrons. The largest absolute Gasteiger partial charge is 0.416 e. The van der Waals surface area contributed by atoms with E-state index in [1.807, 2.05) is 4.90 Å². The van der Waals surface area contributed by atoms with Gasteiger partial charge in [-0.3, -0.25) is 4.79 Å². The third kappa shape index (κ3) is 6.97. The first-order chi connectivity index (χ1) is 20.5. The van der Waals surface area contributed by atoms with E-state index in [0.29, 0.717) is 48.8 Å². The van der Waals surface area contributed by atoms with Gasteiger partial charge in [-0.05, 0) is 61.9 Å². The molecule has 0 unspecified atom stereocenters. The highest BCUT2D eigenvalue weighted by molar-refractivity contribution is 7.89. The summed E-state index contributed by atoms with van der Waals surface area (Å²) in [6, 6.07) is 9.80. The van der Waals surface area contributed by atoms with Crippen LogP contribution in [0.3, 0.4) is 0 Å². The van der Waals surface area contributed by atoms with Gasteiger partial charge in [-0.1, -0.05) is 19.1 Å². The fourth-order valence-corrected chi connectivity index (χ4v) is 6.94. The molecule has 0 radical (unpaired) electrons. The Morgan fingerprint density at radius 3 is 2.28 bits per heavy atom. The van der Waals surface area contributed by atoms with Crippen LogP contribution in [0.2, 0.25) is 0 Å². The number of nitrogens with zero attached hydrogens (tertiary/aromatic N) is 5. The highest BCUT2D eigenvalue weighted by Crippen LogP contribution is 2.31. The van der Waals surface area contributed by atoms with Crippen molar-refractivity contribution < 1.29 is 30.8 Å². The maximum absolute atomic E-state index is 13.4. The molecule has 1 N–H and O–H groups in total. The van der Waals surface area contributed by atoms with Crippen LogP contribution < -0.4 is 10.2 Å². The molecule has 0 aliphatic carbocycles. The minimum atomic E-state index is -4.47. The number of piperazine rings is 1. The van der Waals surface area contributed by atoms with Crippen molar-refractivity contribution in [2.24, 2.45) is 0 Å². The predicted molar refractivity (Wildman–Crippen MR) is 152 cm³/mol. The molecule has 5 rings (SSSR count). The Morgan fingerprint density at radius 1 is 0.977 bits per heavy atom. The van der Waals surface area contributed by atoms with Crippen molar-refractivity contribution in [1.29, 1.82) is 0 Å². The number of hydrogen-bond acceptors (Lipinski definition) is 7. The molecule has 2 aliphatic rings. The first-order valence-electron chi connectivity index (χ1n) is 14.0. The van der Waals surface area contributed by atoms with Crippen LogP contribution in [0.4, 0.5) is 23.5 Å². The van der Waals surface area contributed by atoms with Crippen LogP contribution in [-0.4, -0.2) is 78.8 Å². The van der Waals surface area contributed by atoms with Gasteiger partial charge in [-0.2, -0.15) is 17.5 Å². The molecule has 1 atom stereocenters. The van der Waals surface area contributed by atoms with Crippen LogP contribution in [0.5, 0.6) is 0 Å². The Labute approximate surface area is 247 Å².